The van der Waals surface area contributed by atoms with Crippen LogP contribution in [0.4, 0.5) is 0 Å². The van der Waals surface area contributed by atoms with Crippen LogP contribution in [0.15, 0.2) is 104 Å². The number of rotatable bonds is 5. The Kier molecular flexibility index (Phi) is 4.15. The van der Waals surface area contributed by atoms with Crippen LogP contribution in [0.25, 0.3) is 0 Å². The number of carbonyl (C=O) groups excluding carboxylic acids is 1. The van der Waals surface area contributed by atoms with Crippen LogP contribution in [-0.4, -0.2) is 20.5 Å². The van der Waals surface area contributed by atoms with E-state index in [0.29, 0.717) is 5.56 Å². The Balaban J connectivity index is 2.07. The molecule has 26 heavy (non-hydrogen) atoms. The summed E-state index contributed by atoms with van der Waals surface area (Å²) in [5.41, 5.74) is 1.17. The number of ketones is 1. The van der Waals surface area contributed by atoms with Crippen LogP contribution < -0.4 is 0 Å². The van der Waals surface area contributed by atoms with Gasteiger partial charge in [0.25, 0.3) is 0 Å². The molecule has 4 nitrogen and oxygen atoms in total. The zero-order chi connectivity index (χ0) is 17.8. The Morgan fingerprint density at radius 2 is 1.23 bits per heavy atom. The molecule has 0 aliphatic heterocycles. The first-order chi connectivity index (χ1) is 12.8. The zero-order valence-corrected chi connectivity index (χ0v) is 14.1. The van der Waals surface area contributed by atoms with Crippen LogP contribution in [0, 0.1) is 0 Å². The van der Waals surface area contributed by atoms with Crippen molar-refractivity contribution in [2.24, 2.45) is 0 Å². The third-order valence-corrected chi connectivity index (χ3v) is 4.51. The number of benzene rings is 3. The number of aromatic nitrogens is 3. The molecule has 0 atom stereocenters. The molecule has 0 radical (unpaired) electrons. The van der Waals surface area contributed by atoms with Crippen LogP contribution in [0.3, 0.4) is 0 Å². The van der Waals surface area contributed by atoms with Crippen LogP contribution in [0.5, 0.6) is 0 Å². The summed E-state index contributed by atoms with van der Waals surface area (Å²) in [5.74, 6) is -0.0546. The Hall–Kier alpha value is -3.53. The first kappa shape index (κ1) is 16.0. The van der Waals surface area contributed by atoms with E-state index < -0.39 is 5.54 Å². The summed E-state index contributed by atoms with van der Waals surface area (Å²) >= 11 is 0. The lowest BCUT2D eigenvalue weighted by Gasteiger charge is -2.33. The molecule has 0 aliphatic rings. The molecule has 0 fully saturated rings. The first-order valence-electron chi connectivity index (χ1n) is 8.39. The second-order valence-electron chi connectivity index (χ2n) is 5.98. The maximum Gasteiger partial charge on any atom is 0.199 e. The van der Waals surface area contributed by atoms with Crippen LogP contribution in [0.2, 0.25) is 0 Å². The minimum Gasteiger partial charge on any atom is -0.291 e. The average Bonchev–Trinajstić information content (AvgIpc) is 3.26. The van der Waals surface area contributed by atoms with Crippen molar-refractivity contribution in [1.29, 1.82) is 0 Å². The van der Waals surface area contributed by atoms with Gasteiger partial charge in [0.1, 0.15) is 12.7 Å². The molecule has 0 spiro atoms. The molecule has 4 heteroatoms. The highest BCUT2D eigenvalue weighted by Gasteiger charge is 2.45. The lowest BCUT2D eigenvalue weighted by atomic mass is 9.77. The molecular formula is C22H17N3O. The minimum absolute atomic E-state index is 0.0546. The van der Waals surface area contributed by atoms with Crippen molar-refractivity contribution in [2.75, 3.05) is 0 Å². The highest BCUT2D eigenvalue weighted by Crippen LogP contribution is 2.36. The molecule has 126 valence electrons. The van der Waals surface area contributed by atoms with Crippen molar-refractivity contribution in [3.63, 3.8) is 0 Å². The van der Waals surface area contributed by atoms with E-state index in [0.717, 1.165) is 11.1 Å². The van der Waals surface area contributed by atoms with Crippen LogP contribution >= 0.6 is 0 Å². The van der Waals surface area contributed by atoms with E-state index in [9.17, 15) is 4.79 Å². The molecule has 0 amide bonds. The van der Waals surface area contributed by atoms with Gasteiger partial charge in [0.2, 0.25) is 0 Å². The average molecular weight is 339 g/mol. The molecule has 1 heterocycles. The van der Waals surface area contributed by atoms with E-state index in [2.05, 4.69) is 10.1 Å². The van der Waals surface area contributed by atoms with Gasteiger partial charge in [0.15, 0.2) is 11.3 Å². The van der Waals surface area contributed by atoms with Crippen molar-refractivity contribution < 1.29 is 4.79 Å². The fraction of sp³-hybridized carbons (Fsp3) is 0.0455. The van der Waals surface area contributed by atoms with Gasteiger partial charge in [-0.3, -0.25) is 4.79 Å². The molecule has 0 saturated carbocycles. The predicted octanol–water partition coefficient (Wildman–Crippen LogP) is 3.95. The Morgan fingerprint density at radius 1 is 0.731 bits per heavy atom. The van der Waals surface area contributed by atoms with E-state index >= 15 is 0 Å². The van der Waals surface area contributed by atoms with Gasteiger partial charge in [0.05, 0.1) is 0 Å². The summed E-state index contributed by atoms with van der Waals surface area (Å²) < 4.78 is 1.65. The van der Waals surface area contributed by atoms with Crippen molar-refractivity contribution in [3.8, 4) is 0 Å². The zero-order valence-electron chi connectivity index (χ0n) is 14.1. The second kappa shape index (κ2) is 6.76. The van der Waals surface area contributed by atoms with E-state index in [-0.39, 0.29) is 5.78 Å². The van der Waals surface area contributed by atoms with Gasteiger partial charge in [-0.1, -0.05) is 91.0 Å². The van der Waals surface area contributed by atoms with Crippen molar-refractivity contribution in [3.05, 3.63) is 120 Å². The second-order valence-corrected chi connectivity index (χ2v) is 5.98. The lowest BCUT2D eigenvalue weighted by Crippen LogP contribution is -2.44. The van der Waals surface area contributed by atoms with E-state index in [4.69, 9.17) is 0 Å². The third kappa shape index (κ3) is 2.52. The largest absolute Gasteiger partial charge is 0.291 e. The van der Waals surface area contributed by atoms with Crippen LogP contribution in [0.1, 0.15) is 21.5 Å². The van der Waals surface area contributed by atoms with Gasteiger partial charge in [-0.2, -0.15) is 5.10 Å². The van der Waals surface area contributed by atoms with E-state index in [1.54, 1.807) is 11.0 Å². The summed E-state index contributed by atoms with van der Waals surface area (Å²) in [6, 6.07) is 28.7. The van der Waals surface area contributed by atoms with Gasteiger partial charge in [-0.05, 0) is 11.1 Å². The number of carbonyl (C=O) groups is 1. The predicted molar refractivity (Wildman–Crippen MR) is 99.9 cm³/mol. The van der Waals surface area contributed by atoms with E-state index in [1.807, 2.05) is 91.0 Å². The summed E-state index contributed by atoms with van der Waals surface area (Å²) in [6.07, 6.45) is 3.06. The molecule has 4 rings (SSSR count). The van der Waals surface area contributed by atoms with E-state index in [1.165, 1.54) is 6.33 Å². The Morgan fingerprint density at radius 3 is 1.69 bits per heavy atom. The Labute approximate surface area is 151 Å². The summed E-state index contributed by atoms with van der Waals surface area (Å²) in [5, 5.41) is 4.37. The maximum absolute atomic E-state index is 13.9. The van der Waals surface area contributed by atoms with Gasteiger partial charge >= 0.3 is 0 Å². The SMILES string of the molecule is O=C(c1ccccc1)C(c1ccccc1)(c1ccccc1)n1cncn1. The fourth-order valence-corrected chi connectivity index (χ4v) is 3.34. The molecule has 0 saturated heterocycles. The van der Waals surface area contributed by atoms with Crippen molar-refractivity contribution in [2.45, 2.75) is 5.54 Å². The molecule has 4 aromatic rings. The fourth-order valence-electron chi connectivity index (χ4n) is 3.34. The molecule has 0 aliphatic carbocycles. The van der Waals surface area contributed by atoms with Crippen molar-refractivity contribution >= 4 is 5.78 Å². The monoisotopic (exact) mass is 339 g/mol. The summed E-state index contributed by atoms with van der Waals surface area (Å²) in [6.45, 7) is 0. The first-order valence-corrected chi connectivity index (χ1v) is 8.39. The van der Waals surface area contributed by atoms with Gasteiger partial charge in [-0.25, -0.2) is 9.67 Å². The number of hydrogen-bond donors (Lipinski definition) is 0. The van der Waals surface area contributed by atoms with Crippen molar-refractivity contribution in [1.82, 2.24) is 14.8 Å². The number of nitrogens with zero attached hydrogens (tertiary/aromatic N) is 3. The topological polar surface area (TPSA) is 47.8 Å². The highest BCUT2D eigenvalue weighted by molar-refractivity contribution is 6.06. The van der Waals surface area contributed by atoms with Gasteiger partial charge in [-0.15, -0.1) is 0 Å². The lowest BCUT2D eigenvalue weighted by molar-refractivity contribution is 0.0878. The third-order valence-electron chi connectivity index (χ3n) is 4.51. The van der Waals surface area contributed by atoms with Gasteiger partial charge in [0, 0.05) is 5.56 Å². The molecule has 0 unspecified atom stereocenters. The normalized spacial score (nSPS) is 11.2. The quantitative estimate of drug-likeness (QED) is 0.517. The molecular weight excluding hydrogens is 322 g/mol. The molecule has 1 aromatic heterocycles. The van der Waals surface area contributed by atoms with Crippen LogP contribution in [-0.2, 0) is 5.54 Å². The smallest absolute Gasteiger partial charge is 0.199 e. The standard InChI is InChI=1S/C22H17N3O/c26-21(18-10-4-1-5-11-18)22(25-17-23-16-24-25,19-12-6-2-7-13-19)20-14-8-3-9-15-20/h1-17H. The summed E-state index contributed by atoms with van der Waals surface area (Å²) in [7, 11) is 0. The summed E-state index contributed by atoms with van der Waals surface area (Å²) in [4.78, 5) is 18.0. The Bertz CT molecular complexity index is 942. The highest BCUT2D eigenvalue weighted by atomic mass is 16.1. The minimum atomic E-state index is -1.12. The molecule has 0 N–H and O–H groups in total. The maximum atomic E-state index is 13.9. The number of Topliss-reactive ketones (excluding diaryl/α,β-unsaturated/α-hetero) is 1. The molecule has 3 aromatic carbocycles. The van der Waals surface area contributed by atoms with Gasteiger partial charge < -0.3 is 0 Å². The number of hydrogen-bond acceptors (Lipinski definition) is 3. The molecule has 0 bridgehead atoms.